The quantitative estimate of drug-likeness (QED) is 0.724. The molecule has 0 aromatic heterocycles. The first-order valence-corrected chi connectivity index (χ1v) is 6.00. The van der Waals surface area contributed by atoms with Gasteiger partial charge in [-0.2, -0.15) is 0 Å². The molecule has 1 amide bonds. The Bertz CT molecular complexity index is 368. The van der Waals surface area contributed by atoms with E-state index < -0.39 is 0 Å². The average Bonchev–Trinajstić information content (AvgIpc) is 2.41. The number of hydrogen-bond acceptors (Lipinski definition) is 4. The highest BCUT2D eigenvalue weighted by molar-refractivity contribution is 5.77. The smallest absolute Gasteiger partial charge is 0.258 e. The fourth-order valence-corrected chi connectivity index (χ4v) is 1.29. The SMILES string of the molecule is CCCOc1ccccc1OCC(=O)NCCO. The van der Waals surface area contributed by atoms with E-state index in [2.05, 4.69) is 5.32 Å². The highest BCUT2D eigenvalue weighted by Crippen LogP contribution is 2.26. The Balaban J connectivity index is 2.47. The van der Waals surface area contributed by atoms with Crippen LogP contribution in [0.15, 0.2) is 24.3 Å². The number of benzene rings is 1. The Hall–Kier alpha value is -1.75. The van der Waals surface area contributed by atoms with Crippen molar-refractivity contribution in [2.45, 2.75) is 13.3 Å². The zero-order chi connectivity index (χ0) is 13.2. The first-order valence-electron chi connectivity index (χ1n) is 6.00. The van der Waals surface area contributed by atoms with Gasteiger partial charge in [-0.05, 0) is 18.6 Å². The molecule has 5 heteroatoms. The zero-order valence-electron chi connectivity index (χ0n) is 10.5. The van der Waals surface area contributed by atoms with E-state index in [-0.39, 0.29) is 25.7 Å². The van der Waals surface area contributed by atoms with Crippen LogP contribution in [0.3, 0.4) is 0 Å². The van der Waals surface area contributed by atoms with E-state index in [0.717, 1.165) is 6.42 Å². The van der Waals surface area contributed by atoms with E-state index in [9.17, 15) is 4.79 Å². The number of para-hydroxylation sites is 2. The Morgan fingerprint density at radius 3 is 2.56 bits per heavy atom. The van der Waals surface area contributed by atoms with Crippen molar-refractivity contribution in [1.29, 1.82) is 0 Å². The summed E-state index contributed by atoms with van der Waals surface area (Å²) in [6, 6.07) is 7.23. The van der Waals surface area contributed by atoms with Gasteiger partial charge in [0.2, 0.25) is 0 Å². The van der Waals surface area contributed by atoms with Crippen molar-refractivity contribution < 1.29 is 19.4 Å². The normalized spacial score (nSPS) is 9.89. The van der Waals surface area contributed by atoms with Gasteiger partial charge in [0, 0.05) is 6.54 Å². The number of aliphatic hydroxyl groups is 1. The van der Waals surface area contributed by atoms with Gasteiger partial charge in [-0.1, -0.05) is 19.1 Å². The Morgan fingerprint density at radius 1 is 1.28 bits per heavy atom. The van der Waals surface area contributed by atoms with Gasteiger partial charge in [0.15, 0.2) is 18.1 Å². The molecule has 0 saturated carbocycles. The molecule has 100 valence electrons. The van der Waals surface area contributed by atoms with Crippen LogP contribution >= 0.6 is 0 Å². The van der Waals surface area contributed by atoms with Crippen molar-refractivity contribution in [2.24, 2.45) is 0 Å². The number of rotatable bonds is 8. The second kappa shape index (κ2) is 8.36. The topological polar surface area (TPSA) is 67.8 Å². The molecule has 0 aliphatic carbocycles. The van der Waals surface area contributed by atoms with Gasteiger partial charge < -0.3 is 19.9 Å². The molecular weight excluding hydrogens is 234 g/mol. The van der Waals surface area contributed by atoms with Crippen LogP contribution in [-0.4, -0.2) is 37.4 Å². The highest BCUT2D eigenvalue weighted by Gasteiger charge is 2.06. The molecule has 1 rings (SSSR count). The number of amides is 1. The third kappa shape index (κ3) is 5.05. The molecule has 0 unspecified atom stereocenters. The van der Waals surface area contributed by atoms with E-state index in [1.165, 1.54) is 0 Å². The molecule has 0 atom stereocenters. The highest BCUT2D eigenvalue weighted by atomic mass is 16.5. The summed E-state index contributed by atoms with van der Waals surface area (Å²) in [5.74, 6) is 0.911. The molecule has 2 N–H and O–H groups in total. The minimum Gasteiger partial charge on any atom is -0.490 e. The Morgan fingerprint density at radius 2 is 1.94 bits per heavy atom. The molecule has 5 nitrogen and oxygen atoms in total. The van der Waals surface area contributed by atoms with Crippen molar-refractivity contribution in [3.05, 3.63) is 24.3 Å². The van der Waals surface area contributed by atoms with E-state index in [1.807, 2.05) is 19.1 Å². The van der Waals surface area contributed by atoms with Crippen molar-refractivity contribution >= 4 is 5.91 Å². The monoisotopic (exact) mass is 253 g/mol. The Labute approximate surface area is 107 Å². The van der Waals surface area contributed by atoms with Gasteiger partial charge in [-0.15, -0.1) is 0 Å². The van der Waals surface area contributed by atoms with Crippen LogP contribution < -0.4 is 14.8 Å². The Kier molecular flexibility index (Phi) is 6.64. The fourth-order valence-electron chi connectivity index (χ4n) is 1.29. The first-order chi connectivity index (χ1) is 8.77. The summed E-state index contributed by atoms with van der Waals surface area (Å²) in [5.41, 5.74) is 0. The van der Waals surface area contributed by atoms with Crippen LogP contribution in [0.4, 0.5) is 0 Å². The molecule has 0 aliphatic rings. The second-order valence-electron chi connectivity index (χ2n) is 3.66. The van der Waals surface area contributed by atoms with Gasteiger partial charge in [-0.25, -0.2) is 0 Å². The fraction of sp³-hybridized carbons (Fsp3) is 0.462. The van der Waals surface area contributed by atoms with Crippen molar-refractivity contribution in [3.63, 3.8) is 0 Å². The minimum absolute atomic E-state index is 0.0814. The van der Waals surface area contributed by atoms with E-state index >= 15 is 0 Å². The lowest BCUT2D eigenvalue weighted by atomic mass is 10.3. The first kappa shape index (κ1) is 14.3. The molecule has 1 aromatic carbocycles. The third-order valence-corrected chi connectivity index (χ3v) is 2.10. The van der Waals surface area contributed by atoms with Crippen LogP contribution in [0.5, 0.6) is 11.5 Å². The molecule has 0 spiro atoms. The predicted molar refractivity (Wildman–Crippen MR) is 67.8 cm³/mol. The molecule has 0 saturated heterocycles. The number of ether oxygens (including phenoxy) is 2. The molecular formula is C13H19NO4. The molecule has 1 aromatic rings. The molecule has 0 radical (unpaired) electrons. The standard InChI is InChI=1S/C13H19NO4/c1-2-9-17-11-5-3-4-6-12(11)18-10-13(16)14-7-8-15/h3-6,15H,2,7-10H2,1H3,(H,14,16). The number of aliphatic hydroxyl groups excluding tert-OH is 1. The molecule has 0 aliphatic heterocycles. The average molecular weight is 253 g/mol. The van der Waals surface area contributed by atoms with Gasteiger partial charge in [0.25, 0.3) is 5.91 Å². The maximum Gasteiger partial charge on any atom is 0.258 e. The van der Waals surface area contributed by atoms with Gasteiger partial charge in [-0.3, -0.25) is 4.79 Å². The van der Waals surface area contributed by atoms with Crippen LogP contribution in [0, 0.1) is 0 Å². The second-order valence-corrected chi connectivity index (χ2v) is 3.66. The van der Waals surface area contributed by atoms with Crippen molar-refractivity contribution in [2.75, 3.05) is 26.4 Å². The van der Waals surface area contributed by atoms with E-state index in [4.69, 9.17) is 14.6 Å². The van der Waals surface area contributed by atoms with Gasteiger partial charge >= 0.3 is 0 Å². The van der Waals surface area contributed by atoms with Crippen LogP contribution in [0.25, 0.3) is 0 Å². The summed E-state index contributed by atoms with van der Waals surface area (Å²) in [6.07, 6.45) is 0.908. The molecule has 0 bridgehead atoms. The lowest BCUT2D eigenvalue weighted by molar-refractivity contribution is -0.123. The number of hydrogen-bond donors (Lipinski definition) is 2. The third-order valence-electron chi connectivity index (χ3n) is 2.10. The maximum atomic E-state index is 11.3. The van der Waals surface area contributed by atoms with Gasteiger partial charge in [0.05, 0.1) is 13.2 Å². The number of carbonyl (C=O) groups excluding carboxylic acids is 1. The maximum absolute atomic E-state index is 11.3. The van der Waals surface area contributed by atoms with E-state index in [1.54, 1.807) is 12.1 Å². The summed E-state index contributed by atoms with van der Waals surface area (Å²) in [6.45, 7) is 2.69. The van der Waals surface area contributed by atoms with Crippen molar-refractivity contribution in [3.8, 4) is 11.5 Å². The molecule has 0 fully saturated rings. The van der Waals surface area contributed by atoms with E-state index in [0.29, 0.717) is 18.1 Å². The molecule has 0 heterocycles. The van der Waals surface area contributed by atoms with Crippen LogP contribution in [-0.2, 0) is 4.79 Å². The summed E-state index contributed by atoms with van der Waals surface area (Å²) >= 11 is 0. The summed E-state index contributed by atoms with van der Waals surface area (Å²) in [5, 5.41) is 11.1. The van der Waals surface area contributed by atoms with Crippen LogP contribution in [0.2, 0.25) is 0 Å². The summed E-state index contributed by atoms with van der Waals surface area (Å²) in [7, 11) is 0. The van der Waals surface area contributed by atoms with Crippen LogP contribution in [0.1, 0.15) is 13.3 Å². The minimum atomic E-state index is -0.269. The number of carbonyl (C=O) groups is 1. The number of nitrogens with one attached hydrogen (secondary N) is 1. The van der Waals surface area contributed by atoms with Gasteiger partial charge in [0.1, 0.15) is 0 Å². The zero-order valence-corrected chi connectivity index (χ0v) is 10.5. The largest absolute Gasteiger partial charge is 0.490 e. The lowest BCUT2D eigenvalue weighted by Gasteiger charge is -2.11. The summed E-state index contributed by atoms with van der Waals surface area (Å²) < 4.78 is 10.9. The lowest BCUT2D eigenvalue weighted by Crippen LogP contribution is -2.31. The molecule has 18 heavy (non-hydrogen) atoms. The van der Waals surface area contributed by atoms with Crippen molar-refractivity contribution in [1.82, 2.24) is 5.32 Å². The summed E-state index contributed by atoms with van der Waals surface area (Å²) in [4.78, 5) is 11.3. The predicted octanol–water partition coefficient (Wildman–Crippen LogP) is 0.963.